The number of amides is 1. The van der Waals surface area contributed by atoms with Crippen LogP contribution in [-0.4, -0.2) is 32.5 Å². The number of hydrogen-bond acceptors (Lipinski definition) is 6. The van der Waals surface area contributed by atoms with Gasteiger partial charge in [-0.25, -0.2) is 0 Å². The highest BCUT2D eigenvalue weighted by Gasteiger charge is 2.29. The molecule has 2 atom stereocenters. The Morgan fingerprint density at radius 2 is 2.25 bits per heavy atom. The van der Waals surface area contributed by atoms with Gasteiger partial charge in [0, 0.05) is 6.54 Å². The normalized spacial score (nSPS) is 17.3. The average Bonchev–Trinajstić information content (AvgIpc) is 2.97. The molecule has 0 radical (unpaired) electrons. The molecule has 2 N–H and O–H groups in total. The second-order valence-electron chi connectivity index (χ2n) is 5.27. The topological polar surface area (TPSA) is 92.3 Å². The highest BCUT2D eigenvalue weighted by molar-refractivity contribution is 8.00. The van der Waals surface area contributed by atoms with E-state index in [-0.39, 0.29) is 6.10 Å². The Morgan fingerprint density at radius 3 is 2.96 bits per heavy atom. The van der Waals surface area contributed by atoms with E-state index < -0.39 is 11.2 Å². The van der Waals surface area contributed by atoms with Crippen molar-refractivity contribution in [2.75, 3.05) is 6.61 Å². The Bertz CT molecular complexity index is 762. The van der Waals surface area contributed by atoms with Crippen molar-refractivity contribution in [3.05, 3.63) is 42.7 Å². The molecule has 0 bridgehead atoms. The second-order valence-corrected chi connectivity index (χ2v) is 6.57. The summed E-state index contributed by atoms with van der Waals surface area (Å²) < 4.78 is 13.6. The molecule has 0 unspecified atom stereocenters. The monoisotopic (exact) mass is 346 g/mol. The largest absolute Gasteiger partial charge is 0.485 e. The lowest BCUT2D eigenvalue weighted by Crippen LogP contribution is -2.25. The number of hydrogen-bond donors (Lipinski definition) is 1. The summed E-state index contributed by atoms with van der Waals surface area (Å²) in [5.74, 6) is 1.60. The molecule has 2 aromatic rings. The summed E-state index contributed by atoms with van der Waals surface area (Å²) in [6, 6.07) is 7.48. The molecule has 0 saturated carbocycles. The van der Waals surface area contributed by atoms with E-state index in [9.17, 15) is 4.79 Å². The first-order chi connectivity index (χ1) is 11.6. The van der Waals surface area contributed by atoms with Gasteiger partial charge in [-0.1, -0.05) is 30.0 Å². The standard InChI is InChI=1S/C16H18N4O3S/c1-3-8-20-15(18-19-16(20)24-10(2)14(17)21)13-9-22-11-6-4-5-7-12(11)23-13/h3-7,10,13H,1,8-9H2,2H3,(H2,17,21)/t10-,13-/m1/s1. The number of thioether (sulfide) groups is 1. The average molecular weight is 346 g/mol. The van der Waals surface area contributed by atoms with E-state index in [0.29, 0.717) is 35.6 Å². The smallest absolute Gasteiger partial charge is 0.230 e. The zero-order valence-corrected chi connectivity index (χ0v) is 14.0. The molecular weight excluding hydrogens is 328 g/mol. The molecule has 2 heterocycles. The van der Waals surface area contributed by atoms with Gasteiger partial charge in [0.2, 0.25) is 5.91 Å². The first kappa shape index (κ1) is 16.4. The minimum atomic E-state index is -0.408. The maximum absolute atomic E-state index is 11.3. The molecule has 0 fully saturated rings. The van der Waals surface area contributed by atoms with Crippen molar-refractivity contribution in [2.24, 2.45) is 5.73 Å². The molecule has 7 nitrogen and oxygen atoms in total. The van der Waals surface area contributed by atoms with Crippen molar-refractivity contribution in [1.29, 1.82) is 0 Å². The Balaban J connectivity index is 1.87. The molecule has 3 rings (SSSR count). The number of benzene rings is 1. The molecule has 0 aliphatic carbocycles. The highest BCUT2D eigenvalue weighted by Crippen LogP contribution is 2.36. The fourth-order valence-electron chi connectivity index (χ4n) is 2.29. The fourth-order valence-corrected chi connectivity index (χ4v) is 3.10. The van der Waals surface area contributed by atoms with Crippen LogP contribution in [0, 0.1) is 0 Å². The summed E-state index contributed by atoms with van der Waals surface area (Å²) in [5, 5.41) is 8.59. The van der Waals surface area contributed by atoms with Gasteiger partial charge in [-0.3, -0.25) is 9.36 Å². The van der Waals surface area contributed by atoms with E-state index in [1.54, 1.807) is 13.0 Å². The molecule has 126 valence electrons. The lowest BCUT2D eigenvalue weighted by molar-refractivity contribution is -0.117. The van der Waals surface area contributed by atoms with Crippen molar-refractivity contribution >= 4 is 17.7 Å². The molecule has 1 aromatic heterocycles. The first-order valence-electron chi connectivity index (χ1n) is 7.48. The third-order valence-electron chi connectivity index (χ3n) is 3.54. The second kappa shape index (κ2) is 6.96. The van der Waals surface area contributed by atoms with Gasteiger partial charge in [0.25, 0.3) is 0 Å². The van der Waals surface area contributed by atoms with Crippen LogP contribution in [-0.2, 0) is 11.3 Å². The minimum Gasteiger partial charge on any atom is -0.485 e. The molecule has 8 heteroatoms. The number of ether oxygens (including phenoxy) is 2. The molecule has 1 amide bonds. The van der Waals surface area contributed by atoms with Crippen LogP contribution >= 0.6 is 11.8 Å². The van der Waals surface area contributed by atoms with Crippen molar-refractivity contribution in [3.63, 3.8) is 0 Å². The molecule has 0 saturated heterocycles. The van der Waals surface area contributed by atoms with Gasteiger partial charge in [0.05, 0.1) is 5.25 Å². The van der Waals surface area contributed by atoms with E-state index in [1.807, 2.05) is 28.8 Å². The highest BCUT2D eigenvalue weighted by atomic mass is 32.2. The van der Waals surface area contributed by atoms with Crippen molar-refractivity contribution < 1.29 is 14.3 Å². The van der Waals surface area contributed by atoms with Gasteiger partial charge in [-0.05, 0) is 19.1 Å². The van der Waals surface area contributed by atoms with E-state index in [1.165, 1.54) is 11.8 Å². The van der Waals surface area contributed by atoms with E-state index >= 15 is 0 Å². The Hall–Kier alpha value is -2.48. The quantitative estimate of drug-likeness (QED) is 0.635. The minimum absolute atomic E-state index is 0.336. The Labute approximate surface area is 143 Å². The molecule has 1 aromatic carbocycles. The lowest BCUT2D eigenvalue weighted by Gasteiger charge is -2.26. The van der Waals surface area contributed by atoms with Crippen LogP contribution in [0.1, 0.15) is 18.9 Å². The van der Waals surface area contributed by atoms with Gasteiger partial charge >= 0.3 is 0 Å². The van der Waals surface area contributed by atoms with Gasteiger partial charge in [-0.2, -0.15) is 0 Å². The number of primary amides is 1. The number of fused-ring (bicyclic) bond motifs is 1. The first-order valence-corrected chi connectivity index (χ1v) is 8.36. The predicted molar refractivity (Wildman–Crippen MR) is 90.0 cm³/mol. The van der Waals surface area contributed by atoms with Crippen LogP contribution in [0.25, 0.3) is 0 Å². The lowest BCUT2D eigenvalue weighted by atomic mass is 10.2. The Kier molecular flexibility index (Phi) is 4.75. The predicted octanol–water partition coefficient (Wildman–Crippen LogP) is 1.94. The molecule has 1 aliphatic rings. The van der Waals surface area contributed by atoms with Crippen LogP contribution in [0.4, 0.5) is 0 Å². The Morgan fingerprint density at radius 1 is 1.50 bits per heavy atom. The van der Waals surface area contributed by atoms with Crippen molar-refractivity contribution in [1.82, 2.24) is 14.8 Å². The third kappa shape index (κ3) is 3.23. The number of para-hydroxylation sites is 2. The van der Waals surface area contributed by atoms with Gasteiger partial charge < -0.3 is 15.2 Å². The van der Waals surface area contributed by atoms with Crippen LogP contribution in [0.15, 0.2) is 42.1 Å². The van der Waals surface area contributed by atoms with Gasteiger partial charge in [0.1, 0.15) is 6.61 Å². The number of carbonyl (C=O) groups is 1. The summed E-state index contributed by atoms with van der Waals surface area (Å²) in [6.07, 6.45) is 1.36. The summed E-state index contributed by atoms with van der Waals surface area (Å²) in [4.78, 5) is 11.3. The number of nitrogens with zero attached hydrogens (tertiary/aromatic N) is 3. The zero-order valence-electron chi connectivity index (χ0n) is 13.2. The summed E-state index contributed by atoms with van der Waals surface area (Å²) >= 11 is 1.26. The summed E-state index contributed by atoms with van der Waals surface area (Å²) in [5.41, 5.74) is 5.33. The van der Waals surface area contributed by atoms with Crippen LogP contribution < -0.4 is 15.2 Å². The van der Waals surface area contributed by atoms with E-state index in [2.05, 4.69) is 16.8 Å². The molecule has 24 heavy (non-hydrogen) atoms. The number of carbonyl (C=O) groups excluding carboxylic acids is 1. The number of allylic oxidation sites excluding steroid dienone is 1. The van der Waals surface area contributed by atoms with Gasteiger partial charge in [-0.15, -0.1) is 16.8 Å². The van der Waals surface area contributed by atoms with Crippen molar-refractivity contribution in [2.45, 2.75) is 30.0 Å². The number of rotatable bonds is 6. The van der Waals surface area contributed by atoms with E-state index in [0.717, 1.165) is 0 Å². The zero-order chi connectivity index (χ0) is 17.1. The van der Waals surface area contributed by atoms with Gasteiger partial charge in [0.15, 0.2) is 28.6 Å². The molecule has 1 aliphatic heterocycles. The third-order valence-corrected chi connectivity index (χ3v) is 4.64. The van der Waals surface area contributed by atoms with Crippen LogP contribution in [0.5, 0.6) is 11.5 Å². The summed E-state index contributed by atoms with van der Waals surface area (Å²) in [7, 11) is 0. The summed E-state index contributed by atoms with van der Waals surface area (Å²) in [6.45, 7) is 6.33. The number of nitrogens with two attached hydrogens (primary N) is 1. The van der Waals surface area contributed by atoms with Crippen LogP contribution in [0.3, 0.4) is 0 Å². The maximum Gasteiger partial charge on any atom is 0.230 e. The van der Waals surface area contributed by atoms with Crippen molar-refractivity contribution in [3.8, 4) is 11.5 Å². The molecule has 0 spiro atoms. The number of aromatic nitrogens is 3. The van der Waals surface area contributed by atoms with Crippen LogP contribution in [0.2, 0.25) is 0 Å². The molecular formula is C16H18N4O3S. The maximum atomic E-state index is 11.3. The van der Waals surface area contributed by atoms with E-state index in [4.69, 9.17) is 15.2 Å². The SMILES string of the molecule is C=CCn1c(S[C@H](C)C(N)=O)nnc1[C@H]1COc2ccccc2O1. The fraction of sp³-hybridized carbons (Fsp3) is 0.312.